The topological polar surface area (TPSA) is 30.7 Å². The second kappa shape index (κ2) is 11.9. The predicted octanol–water partition coefficient (Wildman–Crippen LogP) is 6.74. The van der Waals surface area contributed by atoms with E-state index in [2.05, 4.69) is 60.0 Å². The summed E-state index contributed by atoms with van der Waals surface area (Å²) in [5.41, 5.74) is 5.00. The fourth-order valence-electron chi connectivity index (χ4n) is 3.54. The van der Waals surface area contributed by atoms with E-state index in [1.807, 2.05) is 0 Å². The average Bonchev–Trinajstić information content (AvgIpc) is 3.04. The van der Waals surface area contributed by atoms with Crippen molar-refractivity contribution < 1.29 is 0 Å². The molecular weight excluding hydrogens is 318 g/mol. The lowest BCUT2D eigenvalue weighted by Gasteiger charge is -2.09. The Morgan fingerprint density at radius 1 is 0.846 bits per heavy atom. The van der Waals surface area contributed by atoms with Crippen molar-refractivity contribution in [2.45, 2.75) is 97.9 Å². The molecule has 0 fully saturated rings. The average molecular weight is 356 g/mol. The molecule has 0 aliphatic heterocycles. The smallest absolute Gasteiger partial charge is 0.0917 e. The number of aryl methyl sites for hydroxylation is 3. The van der Waals surface area contributed by atoms with Gasteiger partial charge in [-0.2, -0.15) is 0 Å². The van der Waals surface area contributed by atoms with Crippen molar-refractivity contribution in [3.05, 3.63) is 35.5 Å². The van der Waals surface area contributed by atoms with Gasteiger partial charge in [-0.25, -0.2) is 4.68 Å². The van der Waals surface area contributed by atoms with Crippen LogP contribution >= 0.6 is 0 Å². The van der Waals surface area contributed by atoms with Gasteiger partial charge < -0.3 is 0 Å². The minimum atomic E-state index is 0.983. The van der Waals surface area contributed by atoms with Gasteiger partial charge in [0.1, 0.15) is 0 Å². The number of nitrogens with zero attached hydrogens (tertiary/aromatic N) is 3. The van der Waals surface area contributed by atoms with E-state index >= 15 is 0 Å². The standard InChI is InChI=1S/C23H37N3/c1-4-6-8-10-11-13-18-26-23(21-16-14-15-20(3)19-21)22(24-25-26)17-12-9-7-5-2/h14-16,19H,4-13,17-18H2,1-3H3. The van der Waals surface area contributed by atoms with Crippen LogP contribution in [0.2, 0.25) is 0 Å². The summed E-state index contributed by atoms with van der Waals surface area (Å²) in [5.74, 6) is 0. The third-order valence-electron chi connectivity index (χ3n) is 5.09. The molecule has 0 N–H and O–H groups in total. The number of unbranched alkanes of at least 4 members (excludes halogenated alkanes) is 8. The van der Waals surface area contributed by atoms with Crippen LogP contribution in [-0.4, -0.2) is 15.0 Å². The van der Waals surface area contributed by atoms with E-state index in [0.29, 0.717) is 0 Å². The molecule has 0 spiro atoms. The van der Waals surface area contributed by atoms with Crippen molar-refractivity contribution in [3.63, 3.8) is 0 Å². The quantitative estimate of drug-likeness (QED) is 0.373. The zero-order chi connectivity index (χ0) is 18.6. The minimum Gasteiger partial charge on any atom is -0.244 e. The van der Waals surface area contributed by atoms with Gasteiger partial charge in [0, 0.05) is 12.1 Å². The monoisotopic (exact) mass is 355 g/mol. The fourth-order valence-corrected chi connectivity index (χ4v) is 3.54. The van der Waals surface area contributed by atoms with Crippen molar-refractivity contribution in [2.75, 3.05) is 0 Å². The molecule has 0 saturated carbocycles. The summed E-state index contributed by atoms with van der Waals surface area (Å²) in [6.45, 7) is 7.67. The maximum atomic E-state index is 4.56. The predicted molar refractivity (Wildman–Crippen MR) is 111 cm³/mol. The van der Waals surface area contributed by atoms with Gasteiger partial charge in [0.15, 0.2) is 0 Å². The number of aromatic nitrogens is 3. The molecule has 3 nitrogen and oxygen atoms in total. The lowest BCUT2D eigenvalue weighted by molar-refractivity contribution is 0.519. The van der Waals surface area contributed by atoms with Crippen LogP contribution in [0.4, 0.5) is 0 Å². The number of rotatable bonds is 13. The highest BCUT2D eigenvalue weighted by atomic mass is 15.4. The van der Waals surface area contributed by atoms with Gasteiger partial charge in [-0.1, -0.05) is 94.2 Å². The van der Waals surface area contributed by atoms with E-state index < -0.39 is 0 Å². The van der Waals surface area contributed by atoms with Gasteiger partial charge in [0.25, 0.3) is 0 Å². The Kier molecular flexibility index (Phi) is 9.44. The van der Waals surface area contributed by atoms with Crippen LogP contribution in [0.5, 0.6) is 0 Å². The zero-order valence-corrected chi connectivity index (χ0v) is 17.1. The largest absolute Gasteiger partial charge is 0.244 e. The second-order valence-corrected chi connectivity index (χ2v) is 7.56. The van der Waals surface area contributed by atoms with Gasteiger partial charge in [-0.05, 0) is 32.3 Å². The van der Waals surface area contributed by atoms with E-state index in [0.717, 1.165) is 13.0 Å². The van der Waals surface area contributed by atoms with E-state index in [4.69, 9.17) is 0 Å². The first-order valence-corrected chi connectivity index (χ1v) is 10.8. The molecule has 3 heteroatoms. The third kappa shape index (κ3) is 6.59. The highest BCUT2D eigenvalue weighted by Gasteiger charge is 2.14. The lowest BCUT2D eigenvalue weighted by atomic mass is 10.0. The molecule has 2 rings (SSSR count). The summed E-state index contributed by atoms with van der Waals surface area (Å²) in [6, 6.07) is 8.78. The molecule has 1 heterocycles. The van der Waals surface area contributed by atoms with Crippen LogP contribution in [0.3, 0.4) is 0 Å². The Bertz CT molecular complexity index is 630. The minimum absolute atomic E-state index is 0.983. The van der Waals surface area contributed by atoms with Crippen molar-refractivity contribution in [3.8, 4) is 11.3 Å². The Morgan fingerprint density at radius 3 is 2.27 bits per heavy atom. The molecule has 1 aromatic carbocycles. The Labute approximate surface area is 160 Å². The molecule has 0 bridgehead atoms. The summed E-state index contributed by atoms with van der Waals surface area (Å²) in [4.78, 5) is 0. The van der Waals surface area contributed by atoms with Gasteiger partial charge in [-0.3, -0.25) is 0 Å². The summed E-state index contributed by atoms with van der Waals surface area (Å²) in [5, 5.41) is 9.08. The Hall–Kier alpha value is -1.64. The fraction of sp³-hybridized carbons (Fsp3) is 0.652. The third-order valence-corrected chi connectivity index (χ3v) is 5.09. The Balaban J connectivity index is 2.05. The molecule has 26 heavy (non-hydrogen) atoms. The molecular formula is C23H37N3. The number of hydrogen-bond donors (Lipinski definition) is 0. The molecule has 0 saturated heterocycles. The lowest BCUT2D eigenvalue weighted by Crippen LogP contribution is -2.04. The van der Waals surface area contributed by atoms with Gasteiger partial charge in [0.2, 0.25) is 0 Å². The first kappa shape index (κ1) is 20.7. The number of hydrogen-bond acceptors (Lipinski definition) is 2. The molecule has 0 atom stereocenters. The van der Waals surface area contributed by atoms with E-state index in [1.165, 1.54) is 86.7 Å². The molecule has 0 aliphatic carbocycles. The van der Waals surface area contributed by atoms with Crippen molar-refractivity contribution >= 4 is 0 Å². The maximum absolute atomic E-state index is 4.56. The summed E-state index contributed by atoms with van der Waals surface area (Å²) in [7, 11) is 0. The molecule has 0 amide bonds. The van der Waals surface area contributed by atoms with Crippen molar-refractivity contribution in [2.24, 2.45) is 0 Å². The number of benzene rings is 1. The molecule has 0 aliphatic rings. The SMILES string of the molecule is CCCCCCCCn1nnc(CCCCCC)c1-c1cccc(C)c1. The molecule has 1 aromatic heterocycles. The van der Waals surface area contributed by atoms with Crippen LogP contribution in [0, 0.1) is 6.92 Å². The van der Waals surface area contributed by atoms with Crippen molar-refractivity contribution in [1.29, 1.82) is 0 Å². The molecule has 0 radical (unpaired) electrons. The Morgan fingerprint density at radius 2 is 1.54 bits per heavy atom. The summed E-state index contributed by atoms with van der Waals surface area (Å²) in [6.07, 6.45) is 14.0. The maximum Gasteiger partial charge on any atom is 0.0917 e. The summed E-state index contributed by atoms with van der Waals surface area (Å²) < 4.78 is 2.16. The summed E-state index contributed by atoms with van der Waals surface area (Å²) >= 11 is 0. The van der Waals surface area contributed by atoms with Crippen LogP contribution in [0.1, 0.15) is 89.3 Å². The highest BCUT2D eigenvalue weighted by Crippen LogP contribution is 2.25. The first-order chi connectivity index (χ1) is 12.8. The molecule has 0 unspecified atom stereocenters. The van der Waals surface area contributed by atoms with Gasteiger partial charge in [-0.15, -0.1) is 5.10 Å². The van der Waals surface area contributed by atoms with E-state index in [9.17, 15) is 0 Å². The van der Waals surface area contributed by atoms with Gasteiger partial charge >= 0.3 is 0 Å². The van der Waals surface area contributed by atoms with Crippen LogP contribution in [0.15, 0.2) is 24.3 Å². The first-order valence-electron chi connectivity index (χ1n) is 10.8. The zero-order valence-electron chi connectivity index (χ0n) is 17.1. The second-order valence-electron chi connectivity index (χ2n) is 7.56. The van der Waals surface area contributed by atoms with Crippen LogP contribution < -0.4 is 0 Å². The normalized spacial score (nSPS) is 11.2. The van der Waals surface area contributed by atoms with Crippen LogP contribution in [0.25, 0.3) is 11.3 Å². The van der Waals surface area contributed by atoms with Crippen LogP contribution in [-0.2, 0) is 13.0 Å². The van der Waals surface area contributed by atoms with Gasteiger partial charge in [0.05, 0.1) is 11.4 Å². The van der Waals surface area contributed by atoms with E-state index in [-0.39, 0.29) is 0 Å². The molecule has 2 aromatic rings. The van der Waals surface area contributed by atoms with E-state index in [1.54, 1.807) is 0 Å². The van der Waals surface area contributed by atoms with Crippen molar-refractivity contribution in [1.82, 2.24) is 15.0 Å². The molecule has 144 valence electrons. The highest BCUT2D eigenvalue weighted by molar-refractivity contribution is 5.62.